The number of piperidine rings is 1. The molecule has 6 nitrogen and oxygen atoms in total. The summed E-state index contributed by atoms with van der Waals surface area (Å²) in [6.07, 6.45) is 2.93. The molecule has 3 N–H and O–H groups in total. The number of guanidine groups is 1. The molecule has 1 aliphatic rings. The van der Waals surface area contributed by atoms with Crippen molar-refractivity contribution in [3.8, 4) is 0 Å². The lowest BCUT2D eigenvalue weighted by molar-refractivity contribution is 0.346. The molecule has 1 saturated heterocycles. The smallest absolute Gasteiger partial charge is 0.243 e. The molecule has 0 unspecified atom stereocenters. The number of hydrogen-bond donors (Lipinski definition) is 2. The van der Waals surface area contributed by atoms with Gasteiger partial charge < -0.3 is 11.1 Å². The topological polar surface area (TPSA) is 87.8 Å². The van der Waals surface area contributed by atoms with Crippen LogP contribution in [0.15, 0.2) is 58.4 Å². The van der Waals surface area contributed by atoms with Gasteiger partial charge in [-0.15, -0.1) is 24.0 Å². The molecule has 0 aromatic heterocycles. The lowest BCUT2D eigenvalue weighted by atomic mass is 10.2. The molecule has 1 fully saturated rings. The van der Waals surface area contributed by atoms with E-state index in [4.69, 9.17) is 5.73 Å². The minimum Gasteiger partial charge on any atom is -0.370 e. The number of hydrogen-bond acceptors (Lipinski definition) is 3. The Morgan fingerprint density at radius 2 is 1.82 bits per heavy atom. The molecule has 0 atom stereocenters. The van der Waals surface area contributed by atoms with Crippen molar-refractivity contribution in [3.63, 3.8) is 0 Å². The van der Waals surface area contributed by atoms with E-state index < -0.39 is 10.0 Å². The molecular weight excluding hydrogens is 487 g/mol. The van der Waals surface area contributed by atoms with Crippen LogP contribution in [0.4, 0.5) is 5.69 Å². The zero-order valence-corrected chi connectivity index (χ0v) is 19.1. The molecule has 0 aliphatic carbocycles. The molecule has 0 amide bonds. The number of aliphatic imine (C=N–C) groups is 1. The van der Waals surface area contributed by atoms with Gasteiger partial charge >= 0.3 is 0 Å². The second kappa shape index (κ2) is 10.2. The van der Waals surface area contributed by atoms with Crippen molar-refractivity contribution in [2.45, 2.75) is 37.6 Å². The normalized spacial score (nSPS) is 15.7. The highest BCUT2D eigenvalue weighted by Gasteiger charge is 2.25. The van der Waals surface area contributed by atoms with Gasteiger partial charge in [0, 0.05) is 18.8 Å². The van der Waals surface area contributed by atoms with E-state index in [-0.39, 0.29) is 24.0 Å². The molecule has 0 spiro atoms. The first-order valence-corrected chi connectivity index (χ1v) is 10.6. The van der Waals surface area contributed by atoms with E-state index in [1.54, 1.807) is 22.5 Å². The lowest BCUT2D eigenvalue weighted by Gasteiger charge is -2.26. The number of anilines is 1. The van der Waals surface area contributed by atoms with E-state index in [1.807, 2.05) is 37.3 Å². The Bertz CT molecular complexity index is 925. The van der Waals surface area contributed by atoms with Crippen molar-refractivity contribution in [1.82, 2.24) is 4.31 Å². The summed E-state index contributed by atoms with van der Waals surface area (Å²) in [5.74, 6) is 0.296. The molecule has 1 heterocycles. The van der Waals surface area contributed by atoms with Gasteiger partial charge in [-0.25, -0.2) is 13.4 Å². The van der Waals surface area contributed by atoms with Crippen molar-refractivity contribution in [2.24, 2.45) is 10.7 Å². The van der Waals surface area contributed by atoms with Crippen molar-refractivity contribution < 1.29 is 8.42 Å². The number of aryl methyl sites for hydroxylation is 1. The van der Waals surface area contributed by atoms with E-state index in [0.29, 0.717) is 30.5 Å². The van der Waals surface area contributed by atoms with Crippen LogP contribution in [0, 0.1) is 6.92 Å². The molecule has 2 aromatic rings. The summed E-state index contributed by atoms with van der Waals surface area (Å²) in [6, 6.07) is 14.8. The summed E-state index contributed by atoms with van der Waals surface area (Å²) < 4.78 is 27.2. The van der Waals surface area contributed by atoms with Crippen LogP contribution in [0.3, 0.4) is 0 Å². The average Bonchev–Trinajstić information content (AvgIpc) is 2.67. The average molecular weight is 514 g/mol. The van der Waals surface area contributed by atoms with Gasteiger partial charge in [0.25, 0.3) is 0 Å². The fraction of sp³-hybridized carbons (Fsp3) is 0.350. The number of rotatable bonds is 5. The summed E-state index contributed by atoms with van der Waals surface area (Å²) >= 11 is 0. The van der Waals surface area contributed by atoms with Gasteiger partial charge in [-0.2, -0.15) is 4.31 Å². The van der Waals surface area contributed by atoms with Crippen LogP contribution >= 0.6 is 24.0 Å². The van der Waals surface area contributed by atoms with Crippen LogP contribution in [-0.4, -0.2) is 31.8 Å². The van der Waals surface area contributed by atoms with Gasteiger partial charge in [0.15, 0.2) is 5.96 Å². The van der Waals surface area contributed by atoms with E-state index >= 15 is 0 Å². The van der Waals surface area contributed by atoms with Gasteiger partial charge in [-0.1, -0.05) is 30.7 Å². The number of halogens is 1. The zero-order valence-electron chi connectivity index (χ0n) is 16.0. The molecule has 1 aliphatic heterocycles. The maximum absolute atomic E-state index is 12.8. The van der Waals surface area contributed by atoms with E-state index in [9.17, 15) is 8.42 Å². The first-order valence-electron chi connectivity index (χ1n) is 9.18. The van der Waals surface area contributed by atoms with Gasteiger partial charge in [0.05, 0.1) is 11.4 Å². The highest BCUT2D eigenvalue weighted by atomic mass is 127. The monoisotopic (exact) mass is 514 g/mol. The van der Waals surface area contributed by atoms with E-state index in [2.05, 4.69) is 10.3 Å². The maximum atomic E-state index is 12.8. The predicted octanol–water partition coefficient (Wildman–Crippen LogP) is 3.71. The fourth-order valence-corrected chi connectivity index (χ4v) is 4.73. The zero-order chi connectivity index (χ0) is 19.3. The largest absolute Gasteiger partial charge is 0.370 e. The molecule has 2 aromatic carbocycles. The maximum Gasteiger partial charge on any atom is 0.243 e. The molecule has 0 saturated carbocycles. The molecule has 28 heavy (non-hydrogen) atoms. The number of benzene rings is 2. The third-order valence-electron chi connectivity index (χ3n) is 4.57. The lowest BCUT2D eigenvalue weighted by Crippen LogP contribution is -2.35. The summed E-state index contributed by atoms with van der Waals surface area (Å²) in [4.78, 5) is 4.65. The van der Waals surface area contributed by atoms with Gasteiger partial charge in [0.1, 0.15) is 0 Å². The Hall–Kier alpha value is -1.65. The Balaban J connectivity index is 0.00000280. The number of sulfonamides is 1. The molecule has 0 radical (unpaired) electrons. The van der Waals surface area contributed by atoms with Gasteiger partial charge in [-0.3, -0.25) is 0 Å². The van der Waals surface area contributed by atoms with Crippen LogP contribution in [-0.2, 0) is 16.6 Å². The number of nitrogens with zero attached hydrogens (tertiary/aromatic N) is 2. The Morgan fingerprint density at radius 1 is 1.11 bits per heavy atom. The Kier molecular flexibility index (Phi) is 8.26. The molecule has 152 valence electrons. The third kappa shape index (κ3) is 5.92. The summed E-state index contributed by atoms with van der Waals surface area (Å²) in [7, 11) is -3.44. The van der Waals surface area contributed by atoms with Gasteiger partial charge in [-0.05, 0) is 55.2 Å². The van der Waals surface area contributed by atoms with Crippen molar-refractivity contribution in [3.05, 3.63) is 59.7 Å². The van der Waals surface area contributed by atoms with E-state index in [1.165, 1.54) is 0 Å². The van der Waals surface area contributed by atoms with Crippen LogP contribution in [0.2, 0.25) is 0 Å². The number of nitrogens with one attached hydrogen (secondary N) is 1. The third-order valence-corrected chi connectivity index (χ3v) is 6.47. The Morgan fingerprint density at radius 3 is 2.54 bits per heavy atom. The number of nitrogens with two attached hydrogens (primary N) is 1. The van der Waals surface area contributed by atoms with Gasteiger partial charge in [0.2, 0.25) is 10.0 Å². The first-order chi connectivity index (χ1) is 12.9. The minimum absolute atomic E-state index is 0. The quantitative estimate of drug-likeness (QED) is 0.362. The summed E-state index contributed by atoms with van der Waals surface area (Å²) in [5, 5.41) is 3.05. The summed E-state index contributed by atoms with van der Waals surface area (Å²) in [6.45, 7) is 3.51. The molecule has 0 bridgehead atoms. The van der Waals surface area contributed by atoms with Crippen LogP contribution in [0.5, 0.6) is 0 Å². The van der Waals surface area contributed by atoms with Crippen LogP contribution in [0.25, 0.3) is 0 Å². The minimum atomic E-state index is -3.44. The Labute approximate surface area is 184 Å². The van der Waals surface area contributed by atoms with Crippen LogP contribution in [0.1, 0.15) is 30.4 Å². The predicted molar refractivity (Wildman–Crippen MR) is 125 cm³/mol. The SMILES string of the molecule is Cc1cccc(NC(N)=NCc2cccc(S(=O)(=O)N3CCCCC3)c2)c1.I. The first kappa shape index (κ1) is 22.6. The van der Waals surface area contributed by atoms with Crippen LogP contribution < -0.4 is 11.1 Å². The fourth-order valence-electron chi connectivity index (χ4n) is 3.15. The molecule has 8 heteroatoms. The second-order valence-electron chi connectivity index (χ2n) is 6.81. The van der Waals surface area contributed by atoms with Crippen molar-refractivity contribution >= 4 is 45.6 Å². The van der Waals surface area contributed by atoms with E-state index in [0.717, 1.165) is 36.1 Å². The highest BCUT2D eigenvalue weighted by molar-refractivity contribution is 14.0. The second-order valence-corrected chi connectivity index (χ2v) is 8.75. The summed E-state index contributed by atoms with van der Waals surface area (Å²) in [5.41, 5.74) is 8.77. The van der Waals surface area contributed by atoms with Crippen molar-refractivity contribution in [2.75, 3.05) is 18.4 Å². The highest BCUT2D eigenvalue weighted by Crippen LogP contribution is 2.21. The molecular formula is C20H27IN4O2S. The standard InChI is InChI=1S/C20H26N4O2S.HI/c1-16-7-5-9-18(13-16)23-20(21)22-15-17-8-6-10-19(14-17)27(25,26)24-11-3-2-4-12-24;/h5-10,13-14H,2-4,11-12,15H2,1H3,(H3,21,22,23);1H. The molecule has 3 rings (SSSR count). The van der Waals surface area contributed by atoms with Crippen molar-refractivity contribution in [1.29, 1.82) is 0 Å².